The molecule has 8 nitrogen and oxygen atoms in total. The minimum atomic E-state index is -0.336. The molecule has 174 valence electrons. The van der Waals surface area contributed by atoms with Crippen molar-refractivity contribution in [3.8, 4) is 6.07 Å². The molecule has 33 heavy (non-hydrogen) atoms. The molecule has 0 bridgehead atoms. The number of halogens is 1. The molecule has 0 aromatic heterocycles. The first-order valence-electron chi connectivity index (χ1n) is 11.2. The van der Waals surface area contributed by atoms with Gasteiger partial charge >= 0.3 is 0 Å². The van der Waals surface area contributed by atoms with Crippen LogP contribution in [0.15, 0.2) is 40.4 Å². The lowest BCUT2D eigenvalue weighted by Crippen LogP contribution is -2.60. The van der Waals surface area contributed by atoms with E-state index in [-0.39, 0.29) is 29.6 Å². The van der Waals surface area contributed by atoms with Crippen LogP contribution in [0.4, 0.5) is 5.69 Å². The van der Waals surface area contributed by atoms with E-state index in [0.717, 1.165) is 23.6 Å². The van der Waals surface area contributed by atoms with Crippen LogP contribution in [0.3, 0.4) is 0 Å². The van der Waals surface area contributed by atoms with E-state index in [1.807, 2.05) is 42.2 Å². The maximum Gasteiger partial charge on any atom is 0.239 e. The third-order valence-electron chi connectivity index (χ3n) is 7.20. The molecule has 0 radical (unpaired) electrons. The average molecular weight is 486 g/mol. The smallest absolute Gasteiger partial charge is 0.239 e. The second-order valence-electron chi connectivity index (χ2n) is 9.02. The predicted octanol–water partition coefficient (Wildman–Crippen LogP) is 2.40. The molecule has 3 saturated heterocycles. The number of para-hydroxylation sites is 1. The number of carbonyl (C=O) groups excluding carboxylic acids is 1. The summed E-state index contributed by atoms with van der Waals surface area (Å²) in [5.41, 5.74) is 5.25. The third-order valence-corrected chi connectivity index (χ3v) is 8.82. The number of amides is 1. The molecule has 4 atom stereocenters. The van der Waals surface area contributed by atoms with Crippen LogP contribution in [0.1, 0.15) is 19.8 Å². The van der Waals surface area contributed by atoms with E-state index < -0.39 is 0 Å². The van der Waals surface area contributed by atoms with Crippen LogP contribution in [-0.2, 0) is 4.79 Å². The number of rotatable bonds is 4. The van der Waals surface area contributed by atoms with Gasteiger partial charge in [-0.15, -0.1) is 11.8 Å². The molecule has 2 N–H and O–H groups in total. The lowest BCUT2D eigenvalue weighted by atomic mass is 9.74. The van der Waals surface area contributed by atoms with E-state index in [4.69, 9.17) is 16.9 Å². The Balaban J connectivity index is 1.55. The maximum absolute atomic E-state index is 13.6. The quantitative estimate of drug-likeness (QED) is 0.677. The monoisotopic (exact) mass is 485 g/mol. The molecule has 4 heterocycles. The summed E-state index contributed by atoms with van der Waals surface area (Å²) in [5, 5.41) is 15.4. The molecule has 4 aliphatic rings. The third kappa shape index (κ3) is 3.65. The Labute approximate surface area is 203 Å². The fraction of sp³-hybridized carbons (Fsp3) is 0.522. The standard InChI is InChI=1S/C23H28ClN7OS/c1-15-10-23-16(13-33-19(23)11-26-15)21(22(32)29(2)9-5-8-25)27-12-20-30(23)14-28-31(20)18-7-4-3-6-17(18)24/h3-4,6-7,11,16,20-21,27-28H,5,9-10,12-14H2,1-2H3. The molecule has 0 aliphatic carbocycles. The highest BCUT2D eigenvalue weighted by Crippen LogP contribution is 2.55. The van der Waals surface area contributed by atoms with Crippen molar-refractivity contribution in [2.75, 3.05) is 37.6 Å². The Morgan fingerprint density at radius 1 is 1.45 bits per heavy atom. The van der Waals surface area contributed by atoms with Crippen molar-refractivity contribution >= 4 is 40.7 Å². The van der Waals surface area contributed by atoms with E-state index in [0.29, 0.717) is 31.2 Å². The van der Waals surface area contributed by atoms with Gasteiger partial charge in [0.25, 0.3) is 0 Å². The molecule has 10 heteroatoms. The molecule has 1 amide bonds. The van der Waals surface area contributed by atoms with Crippen LogP contribution >= 0.6 is 23.4 Å². The summed E-state index contributed by atoms with van der Waals surface area (Å²) < 4.78 is 0. The summed E-state index contributed by atoms with van der Waals surface area (Å²) in [5.74, 6) is 0.976. The Bertz CT molecular complexity index is 1060. The Hall–Kier alpha value is -2.09. The number of anilines is 1. The summed E-state index contributed by atoms with van der Waals surface area (Å²) in [6.07, 6.45) is 3.10. The fourth-order valence-corrected chi connectivity index (χ4v) is 7.40. The van der Waals surface area contributed by atoms with Gasteiger partial charge in [0.15, 0.2) is 0 Å². The molecule has 5 rings (SSSR count). The highest BCUT2D eigenvalue weighted by molar-refractivity contribution is 8.03. The first-order chi connectivity index (χ1) is 16.0. The van der Waals surface area contributed by atoms with Crippen molar-refractivity contribution in [1.82, 2.24) is 20.5 Å². The van der Waals surface area contributed by atoms with Gasteiger partial charge < -0.3 is 10.2 Å². The summed E-state index contributed by atoms with van der Waals surface area (Å²) in [4.78, 5) is 23.7. The number of hydrogen-bond donors (Lipinski definition) is 2. The van der Waals surface area contributed by atoms with Gasteiger partial charge in [0.05, 0.1) is 41.4 Å². The summed E-state index contributed by atoms with van der Waals surface area (Å²) >= 11 is 8.38. The number of fused-ring (bicyclic) bond motifs is 1. The number of nitriles is 1. The van der Waals surface area contributed by atoms with Gasteiger partial charge in [-0.1, -0.05) is 23.7 Å². The van der Waals surface area contributed by atoms with E-state index in [1.54, 1.807) is 11.9 Å². The summed E-state index contributed by atoms with van der Waals surface area (Å²) in [6.45, 7) is 3.77. The highest BCUT2D eigenvalue weighted by Gasteiger charge is 2.61. The number of nitrogens with zero attached hydrogens (tertiary/aromatic N) is 5. The molecule has 4 aliphatic heterocycles. The van der Waals surface area contributed by atoms with Crippen LogP contribution in [0.2, 0.25) is 5.02 Å². The lowest BCUT2D eigenvalue weighted by molar-refractivity contribution is -0.134. The highest BCUT2D eigenvalue weighted by atomic mass is 35.5. The second kappa shape index (κ2) is 8.93. The fourth-order valence-electron chi connectivity index (χ4n) is 5.63. The molecule has 1 aromatic rings. The van der Waals surface area contributed by atoms with Gasteiger partial charge in [-0.2, -0.15) is 5.26 Å². The zero-order valence-electron chi connectivity index (χ0n) is 18.8. The number of hydrogen-bond acceptors (Lipinski definition) is 8. The Morgan fingerprint density at radius 2 is 2.27 bits per heavy atom. The lowest BCUT2D eigenvalue weighted by Gasteiger charge is -2.46. The van der Waals surface area contributed by atoms with Gasteiger partial charge in [-0.05, 0) is 19.1 Å². The summed E-state index contributed by atoms with van der Waals surface area (Å²) in [7, 11) is 1.80. The van der Waals surface area contributed by atoms with Gasteiger partial charge in [0, 0.05) is 55.0 Å². The minimum Gasteiger partial charge on any atom is -0.343 e. The van der Waals surface area contributed by atoms with Crippen molar-refractivity contribution in [1.29, 1.82) is 5.26 Å². The van der Waals surface area contributed by atoms with Crippen molar-refractivity contribution < 1.29 is 4.79 Å². The Morgan fingerprint density at radius 3 is 3.06 bits per heavy atom. The van der Waals surface area contributed by atoms with Gasteiger partial charge in [0.1, 0.15) is 6.17 Å². The van der Waals surface area contributed by atoms with Crippen molar-refractivity contribution in [3.63, 3.8) is 0 Å². The largest absolute Gasteiger partial charge is 0.343 e. The van der Waals surface area contributed by atoms with E-state index in [9.17, 15) is 4.79 Å². The normalized spacial score (nSPS) is 31.0. The maximum atomic E-state index is 13.6. The SMILES string of the molecule is CC1=NC=C2SCC3C(C(=O)N(C)CCC#N)NCC4N(c5ccccc5Cl)NCN4C23C1. The van der Waals surface area contributed by atoms with Crippen LogP contribution in [-0.4, -0.2) is 71.7 Å². The Kier molecular flexibility index (Phi) is 6.14. The van der Waals surface area contributed by atoms with E-state index in [1.165, 1.54) is 4.91 Å². The summed E-state index contributed by atoms with van der Waals surface area (Å²) in [6, 6.07) is 9.65. The van der Waals surface area contributed by atoms with Crippen LogP contribution in [0.5, 0.6) is 0 Å². The topological polar surface area (TPSA) is 87.0 Å². The number of carbonyl (C=O) groups is 1. The van der Waals surface area contributed by atoms with Crippen LogP contribution in [0.25, 0.3) is 0 Å². The molecular weight excluding hydrogens is 458 g/mol. The number of hydrazine groups is 1. The number of nitrogens with one attached hydrogen (secondary N) is 2. The van der Waals surface area contributed by atoms with E-state index >= 15 is 0 Å². The predicted molar refractivity (Wildman–Crippen MR) is 132 cm³/mol. The van der Waals surface area contributed by atoms with Crippen LogP contribution in [0, 0.1) is 17.2 Å². The van der Waals surface area contributed by atoms with Crippen LogP contribution < -0.4 is 15.8 Å². The average Bonchev–Trinajstić information content (AvgIpc) is 3.37. The molecule has 0 saturated carbocycles. The number of thioether (sulfide) groups is 1. The second-order valence-corrected chi connectivity index (χ2v) is 10.5. The van der Waals surface area contributed by atoms with Gasteiger partial charge in [0.2, 0.25) is 5.91 Å². The van der Waals surface area contributed by atoms with Gasteiger partial charge in [-0.3, -0.25) is 19.7 Å². The van der Waals surface area contributed by atoms with E-state index in [2.05, 4.69) is 38.6 Å². The number of aliphatic imine (C=N–C) groups is 1. The molecular formula is C23H28ClN7OS. The number of likely N-dealkylation sites (N-methyl/N-ethyl adjacent to an activating group) is 1. The number of benzene rings is 1. The first-order valence-corrected chi connectivity index (χ1v) is 12.6. The van der Waals surface area contributed by atoms with Crippen molar-refractivity contribution in [2.45, 2.75) is 37.5 Å². The zero-order chi connectivity index (χ0) is 23.2. The van der Waals surface area contributed by atoms with Crippen molar-refractivity contribution in [2.24, 2.45) is 10.9 Å². The molecule has 4 unspecified atom stereocenters. The van der Waals surface area contributed by atoms with Gasteiger partial charge in [-0.25, -0.2) is 5.43 Å². The van der Waals surface area contributed by atoms with Crippen molar-refractivity contribution in [3.05, 3.63) is 40.4 Å². The minimum absolute atomic E-state index is 0.0254. The molecule has 3 fully saturated rings. The zero-order valence-corrected chi connectivity index (χ0v) is 20.4. The first kappa shape index (κ1) is 22.7. The molecule has 1 spiro atoms. The molecule has 1 aromatic carbocycles.